The van der Waals surface area contributed by atoms with Gasteiger partial charge in [0.15, 0.2) is 0 Å². The van der Waals surface area contributed by atoms with E-state index in [4.69, 9.17) is 11.6 Å². The zero-order valence-corrected chi connectivity index (χ0v) is 14.2. The second-order valence-corrected chi connectivity index (χ2v) is 5.45. The van der Waals surface area contributed by atoms with Crippen molar-refractivity contribution in [3.63, 3.8) is 0 Å². The average Bonchev–Trinajstić information content (AvgIpc) is 2.38. The van der Waals surface area contributed by atoms with Crippen LogP contribution in [0.4, 0.5) is 0 Å². The molecule has 0 spiro atoms. The maximum Gasteiger partial charge on any atom is 0.0406 e. The van der Waals surface area contributed by atoms with Crippen LogP contribution < -0.4 is 5.32 Å². The molecule has 2 nitrogen and oxygen atoms in total. The van der Waals surface area contributed by atoms with Gasteiger partial charge in [0.2, 0.25) is 0 Å². The van der Waals surface area contributed by atoms with Gasteiger partial charge in [0.25, 0.3) is 0 Å². The standard InChI is InChI=1S/C15H21ClN2.2ClH/c1-12(2)11-15(18-9-7-17-8-10-18)13-3-5-14(16)6-4-13;;/h3-6,15,17H,1,7-11H2,2H3;2*1H/t15-;;/m1../s1. The van der Waals surface area contributed by atoms with E-state index in [2.05, 4.69) is 35.9 Å². The molecule has 1 aliphatic heterocycles. The molecule has 20 heavy (non-hydrogen) atoms. The molecule has 1 fully saturated rings. The third-order valence-corrected chi connectivity index (χ3v) is 3.64. The summed E-state index contributed by atoms with van der Waals surface area (Å²) in [5, 5.41) is 4.20. The van der Waals surface area contributed by atoms with E-state index in [1.54, 1.807) is 0 Å². The van der Waals surface area contributed by atoms with Crippen LogP contribution in [0.2, 0.25) is 5.02 Å². The molecule has 0 radical (unpaired) electrons. The molecule has 0 amide bonds. The zero-order chi connectivity index (χ0) is 13.0. The van der Waals surface area contributed by atoms with Crippen molar-refractivity contribution in [2.24, 2.45) is 0 Å². The lowest BCUT2D eigenvalue weighted by atomic mass is 9.98. The minimum atomic E-state index is 0. The summed E-state index contributed by atoms with van der Waals surface area (Å²) in [6.45, 7) is 10.5. The summed E-state index contributed by atoms with van der Waals surface area (Å²) in [6.07, 6.45) is 1.02. The zero-order valence-electron chi connectivity index (χ0n) is 11.8. The van der Waals surface area contributed by atoms with Crippen LogP contribution in [0.1, 0.15) is 24.9 Å². The molecule has 0 aliphatic carbocycles. The van der Waals surface area contributed by atoms with E-state index in [-0.39, 0.29) is 24.8 Å². The molecule has 1 aromatic rings. The van der Waals surface area contributed by atoms with Gasteiger partial charge in [-0.3, -0.25) is 4.90 Å². The van der Waals surface area contributed by atoms with E-state index >= 15 is 0 Å². The summed E-state index contributed by atoms with van der Waals surface area (Å²) >= 11 is 5.97. The maximum absolute atomic E-state index is 5.97. The van der Waals surface area contributed by atoms with Gasteiger partial charge in [0.05, 0.1) is 0 Å². The van der Waals surface area contributed by atoms with Gasteiger partial charge in [-0.25, -0.2) is 0 Å². The molecule has 1 saturated heterocycles. The van der Waals surface area contributed by atoms with Crippen molar-refractivity contribution in [3.8, 4) is 0 Å². The van der Waals surface area contributed by atoms with E-state index in [1.165, 1.54) is 11.1 Å². The molecule has 1 aromatic carbocycles. The predicted octanol–water partition coefficient (Wildman–Crippen LogP) is 4.10. The van der Waals surface area contributed by atoms with Crippen molar-refractivity contribution < 1.29 is 0 Å². The Kier molecular flexibility index (Phi) is 9.52. The van der Waals surface area contributed by atoms with Gasteiger partial charge in [-0.15, -0.1) is 31.4 Å². The highest BCUT2D eigenvalue weighted by Gasteiger charge is 2.21. The van der Waals surface area contributed by atoms with Gasteiger partial charge in [-0.2, -0.15) is 0 Å². The van der Waals surface area contributed by atoms with Gasteiger partial charge >= 0.3 is 0 Å². The van der Waals surface area contributed by atoms with Crippen LogP contribution in [0.25, 0.3) is 0 Å². The van der Waals surface area contributed by atoms with E-state index in [0.717, 1.165) is 37.6 Å². The predicted molar refractivity (Wildman–Crippen MR) is 92.6 cm³/mol. The largest absolute Gasteiger partial charge is 0.314 e. The summed E-state index contributed by atoms with van der Waals surface area (Å²) in [6, 6.07) is 8.66. The molecule has 5 heteroatoms. The average molecular weight is 338 g/mol. The van der Waals surface area contributed by atoms with Crippen molar-refractivity contribution in [1.29, 1.82) is 0 Å². The van der Waals surface area contributed by atoms with Crippen LogP contribution in [-0.2, 0) is 0 Å². The SMILES string of the molecule is C=C(C)C[C@H](c1ccc(Cl)cc1)N1CCNCC1.Cl.Cl. The molecule has 1 N–H and O–H groups in total. The molecule has 0 bridgehead atoms. The van der Waals surface area contributed by atoms with Crippen molar-refractivity contribution in [3.05, 3.63) is 47.0 Å². The molecule has 1 atom stereocenters. The Morgan fingerprint density at radius 1 is 1.25 bits per heavy atom. The fourth-order valence-corrected chi connectivity index (χ4v) is 2.59. The van der Waals surface area contributed by atoms with Gasteiger partial charge < -0.3 is 5.32 Å². The Hall–Kier alpha value is -0.250. The molecule has 114 valence electrons. The molecule has 2 rings (SSSR count). The number of nitrogens with one attached hydrogen (secondary N) is 1. The Morgan fingerprint density at radius 2 is 1.80 bits per heavy atom. The summed E-state index contributed by atoms with van der Waals surface area (Å²) in [5.74, 6) is 0. The fraction of sp³-hybridized carbons (Fsp3) is 0.467. The fourth-order valence-electron chi connectivity index (χ4n) is 2.47. The highest BCUT2D eigenvalue weighted by atomic mass is 35.5. The van der Waals surface area contributed by atoms with E-state index < -0.39 is 0 Å². The third-order valence-electron chi connectivity index (χ3n) is 3.39. The number of hydrogen-bond acceptors (Lipinski definition) is 2. The van der Waals surface area contributed by atoms with Crippen LogP contribution in [0.5, 0.6) is 0 Å². The van der Waals surface area contributed by atoms with Gasteiger partial charge in [0.1, 0.15) is 0 Å². The first-order valence-electron chi connectivity index (χ1n) is 6.51. The molecular formula is C15H23Cl3N2. The van der Waals surface area contributed by atoms with Crippen molar-refractivity contribution in [1.82, 2.24) is 10.2 Å². The first kappa shape index (κ1) is 19.8. The third kappa shape index (κ3) is 5.63. The van der Waals surface area contributed by atoms with Gasteiger partial charge in [0, 0.05) is 37.2 Å². The van der Waals surface area contributed by atoms with Crippen LogP contribution in [-0.4, -0.2) is 31.1 Å². The number of hydrogen-bond donors (Lipinski definition) is 1. The Balaban J connectivity index is 0.00000180. The number of nitrogens with zero attached hydrogens (tertiary/aromatic N) is 1. The normalized spacial score (nSPS) is 16.7. The Bertz CT molecular complexity index is 400. The monoisotopic (exact) mass is 336 g/mol. The topological polar surface area (TPSA) is 15.3 Å². The molecular weight excluding hydrogens is 315 g/mol. The highest BCUT2D eigenvalue weighted by Crippen LogP contribution is 2.28. The smallest absolute Gasteiger partial charge is 0.0406 e. The molecule has 0 aromatic heterocycles. The Morgan fingerprint density at radius 3 is 2.30 bits per heavy atom. The molecule has 1 heterocycles. The summed E-state index contributed by atoms with van der Waals surface area (Å²) in [7, 11) is 0. The first-order valence-corrected chi connectivity index (χ1v) is 6.89. The van der Waals surface area contributed by atoms with Crippen molar-refractivity contribution >= 4 is 36.4 Å². The summed E-state index contributed by atoms with van der Waals surface area (Å²) in [5.41, 5.74) is 2.57. The number of rotatable bonds is 4. The second-order valence-electron chi connectivity index (χ2n) is 5.01. The molecule has 1 aliphatic rings. The van der Waals surface area contributed by atoms with E-state index in [0.29, 0.717) is 6.04 Å². The maximum atomic E-state index is 5.97. The minimum Gasteiger partial charge on any atom is -0.314 e. The van der Waals surface area contributed by atoms with Crippen molar-refractivity contribution in [2.75, 3.05) is 26.2 Å². The lowest BCUT2D eigenvalue weighted by Gasteiger charge is -2.35. The minimum absolute atomic E-state index is 0. The Labute approximate surface area is 139 Å². The lowest BCUT2D eigenvalue weighted by Crippen LogP contribution is -2.45. The first-order chi connectivity index (χ1) is 8.66. The number of halogens is 3. The van der Waals surface area contributed by atoms with Crippen LogP contribution in [0.3, 0.4) is 0 Å². The highest BCUT2D eigenvalue weighted by molar-refractivity contribution is 6.30. The number of piperazine rings is 1. The van der Waals surface area contributed by atoms with Crippen molar-refractivity contribution in [2.45, 2.75) is 19.4 Å². The van der Waals surface area contributed by atoms with Crippen LogP contribution >= 0.6 is 36.4 Å². The number of benzene rings is 1. The van der Waals surface area contributed by atoms with Crippen LogP contribution in [0, 0.1) is 0 Å². The molecule has 0 unspecified atom stereocenters. The second kappa shape index (κ2) is 9.64. The molecule has 0 saturated carbocycles. The van der Waals surface area contributed by atoms with E-state index in [1.807, 2.05) is 12.1 Å². The summed E-state index contributed by atoms with van der Waals surface area (Å²) in [4.78, 5) is 2.54. The summed E-state index contributed by atoms with van der Waals surface area (Å²) < 4.78 is 0. The van der Waals surface area contributed by atoms with Gasteiger partial charge in [-0.05, 0) is 31.0 Å². The van der Waals surface area contributed by atoms with Crippen LogP contribution in [0.15, 0.2) is 36.4 Å². The quantitative estimate of drug-likeness (QED) is 0.832. The van der Waals surface area contributed by atoms with Gasteiger partial charge in [-0.1, -0.05) is 29.3 Å². The lowest BCUT2D eigenvalue weighted by molar-refractivity contribution is 0.172. The van der Waals surface area contributed by atoms with E-state index in [9.17, 15) is 0 Å².